The molecule has 4 nitrogen and oxygen atoms in total. The van der Waals surface area contributed by atoms with Crippen LogP contribution in [0.3, 0.4) is 0 Å². The molecule has 0 aliphatic heterocycles. The molecule has 0 aliphatic rings. The van der Waals surface area contributed by atoms with E-state index in [2.05, 4.69) is 10.3 Å². The largest absolute Gasteiger partial charge is 0.385 e. The van der Waals surface area contributed by atoms with E-state index in [-0.39, 0.29) is 29.8 Å². The van der Waals surface area contributed by atoms with Gasteiger partial charge in [0.1, 0.15) is 5.82 Å². The molecule has 0 atom stereocenters. The van der Waals surface area contributed by atoms with Crippen molar-refractivity contribution < 1.29 is 9.13 Å². The predicted molar refractivity (Wildman–Crippen MR) is 105 cm³/mol. The Morgan fingerprint density at radius 1 is 1.30 bits per heavy atom. The summed E-state index contributed by atoms with van der Waals surface area (Å²) < 4.78 is 18.3. The van der Waals surface area contributed by atoms with Crippen LogP contribution in [0.4, 0.5) is 4.39 Å². The number of aliphatic imine (C=N–C) groups is 1. The Labute approximate surface area is 156 Å². The summed E-state index contributed by atoms with van der Waals surface area (Å²) in [5.74, 6) is 0.657. The quantitative estimate of drug-likeness (QED) is 0.277. The van der Waals surface area contributed by atoms with E-state index >= 15 is 0 Å². The lowest BCUT2D eigenvalue weighted by Gasteiger charge is -2.22. The molecule has 0 heterocycles. The molecular formula is C17H29FIN3O. The lowest BCUT2D eigenvalue weighted by molar-refractivity contribution is 0.192. The lowest BCUT2D eigenvalue weighted by Crippen LogP contribution is -2.38. The maximum absolute atomic E-state index is 13.2. The highest BCUT2D eigenvalue weighted by Gasteiger charge is 2.06. The van der Waals surface area contributed by atoms with E-state index < -0.39 is 0 Å². The van der Waals surface area contributed by atoms with E-state index in [9.17, 15) is 4.39 Å². The zero-order valence-electron chi connectivity index (χ0n) is 14.3. The fourth-order valence-electron chi connectivity index (χ4n) is 2.17. The molecule has 1 aromatic rings. The van der Waals surface area contributed by atoms with Gasteiger partial charge in [-0.25, -0.2) is 4.39 Å². The van der Waals surface area contributed by atoms with Crippen LogP contribution >= 0.6 is 24.0 Å². The minimum atomic E-state index is -0.203. The van der Waals surface area contributed by atoms with Gasteiger partial charge in [0.25, 0.3) is 0 Å². The zero-order valence-corrected chi connectivity index (χ0v) is 16.7. The van der Waals surface area contributed by atoms with Crippen molar-refractivity contribution in [1.82, 2.24) is 10.2 Å². The first-order valence-electron chi connectivity index (χ1n) is 7.90. The number of halogens is 2. The van der Waals surface area contributed by atoms with Crippen molar-refractivity contribution in [3.63, 3.8) is 0 Å². The number of hydrogen-bond acceptors (Lipinski definition) is 2. The van der Waals surface area contributed by atoms with Crippen molar-refractivity contribution in [3.05, 3.63) is 35.6 Å². The van der Waals surface area contributed by atoms with Gasteiger partial charge < -0.3 is 15.0 Å². The smallest absolute Gasteiger partial charge is 0.193 e. The van der Waals surface area contributed by atoms with Crippen molar-refractivity contribution in [2.24, 2.45) is 4.99 Å². The van der Waals surface area contributed by atoms with Gasteiger partial charge in [0.15, 0.2) is 5.96 Å². The third-order valence-corrected chi connectivity index (χ3v) is 3.27. The van der Waals surface area contributed by atoms with E-state index in [0.717, 1.165) is 50.5 Å². The standard InChI is InChI=1S/C17H28FN3O.HI/c1-4-19-17(20-11-6-5-7-12-22-3)21(2)14-15-9-8-10-16(18)13-15;/h8-10,13H,4-7,11-12,14H2,1-3H3,(H,19,20);1H. The van der Waals surface area contributed by atoms with Gasteiger partial charge in [0.05, 0.1) is 0 Å². The van der Waals surface area contributed by atoms with Crippen molar-refractivity contribution in [2.45, 2.75) is 32.7 Å². The van der Waals surface area contributed by atoms with Crippen LogP contribution < -0.4 is 5.32 Å². The highest BCUT2D eigenvalue weighted by molar-refractivity contribution is 14.0. The molecule has 132 valence electrons. The Morgan fingerprint density at radius 3 is 2.74 bits per heavy atom. The molecule has 0 saturated heterocycles. The van der Waals surface area contributed by atoms with Gasteiger partial charge in [0.2, 0.25) is 0 Å². The van der Waals surface area contributed by atoms with Crippen molar-refractivity contribution in [2.75, 3.05) is 33.9 Å². The molecule has 1 rings (SSSR count). The Morgan fingerprint density at radius 2 is 2.09 bits per heavy atom. The molecule has 0 bridgehead atoms. The van der Waals surface area contributed by atoms with Gasteiger partial charge in [-0.1, -0.05) is 12.1 Å². The number of nitrogens with one attached hydrogen (secondary N) is 1. The molecule has 0 aliphatic carbocycles. The number of rotatable bonds is 9. The van der Waals surface area contributed by atoms with Gasteiger partial charge in [0, 0.05) is 40.4 Å². The second-order valence-corrected chi connectivity index (χ2v) is 5.28. The minimum Gasteiger partial charge on any atom is -0.385 e. The number of unbranched alkanes of at least 4 members (excludes halogenated alkanes) is 2. The van der Waals surface area contributed by atoms with Crippen molar-refractivity contribution >= 4 is 29.9 Å². The summed E-state index contributed by atoms with van der Waals surface area (Å²) in [7, 11) is 3.69. The van der Waals surface area contributed by atoms with E-state index in [4.69, 9.17) is 4.74 Å². The molecule has 6 heteroatoms. The average Bonchev–Trinajstić information content (AvgIpc) is 2.49. The molecule has 1 N–H and O–H groups in total. The number of ether oxygens (including phenoxy) is 1. The fourth-order valence-corrected chi connectivity index (χ4v) is 2.17. The Balaban J connectivity index is 0.00000484. The van der Waals surface area contributed by atoms with Crippen molar-refractivity contribution in [1.29, 1.82) is 0 Å². The highest BCUT2D eigenvalue weighted by atomic mass is 127. The van der Waals surface area contributed by atoms with Crippen LogP contribution in [0, 0.1) is 5.82 Å². The number of guanidine groups is 1. The van der Waals surface area contributed by atoms with Crippen LogP contribution in [-0.2, 0) is 11.3 Å². The first kappa shape index (κ1) is 22.1. The molecule has 0 aromatic heterocycles. The summed E-state index contributed by atoms with van der Waals surface area (Å²) in [5.41, 5.74) is 0.938. The monoisotopic (exact) mass is 437 g/mol. The number of hydrogen-bond donors (Lipinski definition) is 1. The first-order chi connectivity index (χ1) is 10.7. The van der Waals surface area contributed by atoms with E-state index in [0.29, 0.717) is 6.54 Å². The second kappa shape index (κ2) is 13.5. The van der Waals surface area contributed by atoms with Crippen LogP contribution in [0.1, 0.15) is 31.7 Å². The van der Waals surface area contributed by atoms with Gasteiger partial charge in [-0.2, -0.15) is 0 Å². The van der Waals surface area contributed by atoms with Gasteiger partial charge in [-0.3, -0.25) is 4.99 Å². The third-order valence-electron chi connectivity index (χ3n) is 3.27. The predicted octanol–water partition coefficient (Wildman–Crippen LogP) is 3.66. The van der Waals surface area contributed by atoms with Crippen LogP contribution in [0.2, 0.25) is 0 Å². The number of benzene rings is 1. The SMILES string of the molecule is CCNC(=NCCCCCOC)N(C)Cc1cccc(F)c1.I. The van der Waals surface area contributed by atoms with Gasteiger partial charge in [-0.05, 0) is 43.9 Å². The minimum absolute atomic E-state index is 0. The third kappa shape index (κ3) is 9.76. The van der Waals surface area contributed by atoms with Gasteiger partial charge >= 0.3 is 0 Å². The van der Waals surface area contributed by atoms with Crippen molar-refractivity contribution in [3.8, 4) is 0 Å². The number of nitrogens with zero attached hydrogens (tertiary/aromatic N) is 2. The van der Waals surface area contributed by atoms with E-state index in [1.807, 2.05) is 24.9 Å². The normalized spacial score (nSPS) is 11.0. The Kier molecular flexibility index (Phi) is 13.0. The Hall–Kier alpha value is -0.890. The summed E-state index contributed by atoms with van der Waals surface area (Å²) in [6.07, 6.45) is 3.23. The zero-order chi connectivity index (χ0) is 16.2. The van der Waals surface area contributed by atoms with Crippen LogP contribution in [-0.4, -0.2) is 44.7 Å². The average molecular weight is 437 g/mol. The molecule has 23 heavy (non-hydrogen) atoms. The summed E-state index contributed by atoms with van der Waals surface area (Å²) in [4.78, 5) is 6.65. The maximum atomic E-state index is 13.2. The molecule has 0 spiro atoms. The van der Waals surface area contributed by atoms with Gasteiger partial charge in [-0.15, -0.1) is 24.0 Å². The molecule has 0 fully saturated rings. The van der Waals surface area contributed by atoms with E-state index in [1.54, 1.807) is 19.2 Å². The summed E-state index contributed by atoms with van der Waals surface area (Å²) in [6, 6.07) is 6.68. The van der Waals surface area contributed by atoms with Crippen LogP contribution in [0.15, 0.2) is 29.3 Å². The summed E-state index contributed by atoms with van der Waals surface area (Å²) in [6.45, 7) is 5.09. The molecule has 0 unspecified atom stereocenters. The first-order valence-corrected chi connectivity index (χ1v) is 7.90. The highest BCUT2D eigenvalue weighted by Crippen LogP contribution is 2.06. The molecule has 1 aromatic carbocycles. The lowest BCUT2D eigenvalue weighted by atomic mass is 10.2. The summed E-state index contributed by atoms with van der Waals surface area (Å²) in [5, 5.41) is 3.28. The van der Waals surface area contributed by atoms with E-state index in [1.165, 1.54) is 6.07 Å². The fraction of sp³-hybridized carbons (Fsp3) is 0.588. The van der Waals surface area contributed by atoms with Crippen LogP contribution in [0.25, 0.3) is 0 Å². The van der Waals surface area contributed by atoms with Crippen LogP contribution in [0.5, 0.6) is 0 Å². The molecule has 0 saturated carbocycles. The number of methoxy groups -OCH3 is 1. The summed E-state index contributed by atoms with van der Waals surface area (Å²) >= 11 is 0. The Bertz CT molecular complexity index is 457. The second-order valence-electron chi connectivity index (χ2n) is 5.28. The molecule has 0 amide bonds. The maximum Gasteiger partial charge on any atom is 0.193 e. The topological polar surface area (TPSA) is 36.9 Å². The molecular weight excluding hydrogens is 408 g/mol. The molecule has 0 radical (unpaired) electrons.